The number of nitrogens with zero attached hydrogens (tertiary/aromatic N) is 1. The molecule has 0 radical (unpaired) electrons. The van der Waals surface area contributed by atoms with Crippen LogP contribution in [0.1, 0.15) is 31.0 Å². The molecule has 0 spiro atoms. The molecule has 1 fully saturated rings. The Labute approximate surface area is 158 Å². The lowest BCUT2D eigenvalue weighted by Gasteiger charge is -2.27. The fourth-order valence-electron chi connectivity index (χ4n) is 3.43. The second kappa shape index (κ2) is 7.66. The molecule has 0 saturated carbocycles. The third kappa shape index (κ3) is 3.45. The average Bonchev–Trinajstić information content (AvgIpc) is 2.92. The SMILES string of the molecule is COc1ccccc1C1C(=C(O)c2ccccc2)C(=O)C(=O)N1CC(C)C. The summed E-state index contributed by atoms with van der Waals surface area (Å²) in [6.07, 6.45) is 0. The number of ether oxygens (including phenoxy) is 1. The first kappa shape index (κ1) is 18.7. The Morgan fingerprint density at radius 3 is 2.33 bits per heavy atom. The smallest absolute Gasteiger partial charge is 0.295 e. The molecule has 1 heterocycles. The number of methoxy groups -OCH3 is 1. The summed E-state index contributed by atoms with van der Waals surface area (Å²) in [5, 5.41) is 10.9. The van der Waals surface area contributed by atoms with Crippen LogP contribution in [0, 0.1) is 5.92 Å². The zero-order valence-corrected chi connectivity index (χ0v) is 15.7. The molecule has 1 atom stereocenters. The van der Waals surface area contributed by atoms with Crippen LogP contribution in [0.3, 0.4) is 0 Å². The van der Waals surface area contributed by atoms with E-state index in [0.29, 0.717) is 23.4 Å². The minimum Gasteiger partial charge on any atom is -0.507 e. The van der Waals surface area contributed by atoms with Gasteiger partial charge in [-0.15, -0.1) is 0 Å². The van der Waals surface area contributed by atoms with Gasteiger partial charge in [-0.1, -0.05) is 62.4 Å². The third-order valence-electron chi connectivity index (χ3n) is 4.58. The van der Waals surface area contributed by atoms with Crippen molar-refractivity contribution in [3.8, 4) is 5.75 Å². The normalized spacial score (nSPS) is 19.0. The molecule has 1 amide bonds. The van der Waals surface area contributed by atoms with E-state index in [-0.39, 0.29) is 17.3 Å². The van der Waals surface area contributed by atoms with Crippen LogP contribution in [0.2, 0.25) is 0 Å². The maximum atomic E-state index is 12.8. The van der Waals surface area contributed by atoms with Crippen LogP contribution in [0.25, 0.3) is 5.76 Å². The Balaban J connectivity index is 2.23. The zero-order chi connectivity index (χ0) is 19.6. The van der Waals surface area contributed by atoms with Crippen molar-refractivity contribution in [1.29, 1.82) is 0 Å². The fourth-order valence-corrected chi connectivity index (χ4v) is 3.43. The van der Waals surface area contributed by atoms with Gasteiger partial charge < -0.3 is 14.7 Å². The van der Waals surface area contributed by atoms with Crippen molar-refractivity contribution in [2.24, 2.45) is 5.92 Å². The molecule has 5 nitrogen and oxygen atoms in total. The number of Topliss-reactive ketones (excluding diaryl/α,β-unsaturated/α-hetero) is 1. The summed E-state index contributed by atoms with van der Waals surface area (Å²) >= 11 is 0. The predicted octanol–water partition coefficient (Wildman–Crippen LogP) is 3.77. The summed E-state index contributed by atoms with van der Waals surface area (Å²) < 4.78 is 5.46. The highest BCUT2D eigenvalue weighted by molar-refractivity contribution is 6.46. The number of hydrogen-bond acceptors (Lipinski definition) is 4. The molecular formula is C22H23NO4. The Bertz CT molecular complexity index is 886. The van der Waals surface area contributed by atoms with Crippen LogP contribution in [0.5, 0.6) is 5.75 Å². The van der Waals surface area contributed by atoms with Gasteiger partial charge in [0.15, 0.2) is 0 Å². The Morgan fingerprint density at radius 1 is 1.07 bits per heavy atom. The van der Waals surface area contributed by atoms with Crippen molar-refractivity contribution in [2.45, 2.75) is 19.9 Å². The van der Waals surface area contributed by atoms with E-state index in [0.717, 1.165) is 0 Å². The van der Waals surface area contributed by atoms with Crippen LogP contribution in [-0.2, 0) is 9.59 Å². The van der Waals surface area contributed by atoms with Crippen molar-refractivity contribution in [2.75, 3.05) is 13.7 Å². The highest BCUT2D eigenvalue weighted by Crippen LogP contribution is 2.42. The van der Waals surface area contributed by atoms with Crippen LogP contribution in [0.15, 0.2) is 60.2 Å². The minimum absolute atomic E-state index is 0.0938. The van der Waals surface area contributed by atoms with Crippen LogP contribution in [-0.4, -0.2) is 35.4 Å². The summed E-state index contributed by atoms with van der Waals surface area (Å²) in [7, 11) is 1.55. The first-order valence-corrected chi connectivity index (χ1v) is 8.92. The van der Waals surface area contributed by atoms with Crippen molar-refractivity contribution in [3.05, 3.63) is 71.3 Å². The molecule has 2 aromatic rings. The van der Waals surface area contributed by atoms with E-state index in [1.807, 2.05) is 38.1 Å². The zero-order valence-electron chi connectivity index (χ0n) is 15.7. The summed E-state index contributed by atoms with van der Waals surface area (Å²) in [6.45, 7) is 4.37. The van der Waals surface area contributed by atoms with Crippen molar-refractivity contribution in [3.63, 3.8) is 0 Å². The topological polar surface area (TPSA) is 66.8 Å². The van der Waals surface area contributed by atoms with Gasteiger partial charge in [0, 0.05) is 17.7 Å². The molecule has 5 heteroatoms. The number of carbonyl (C=O) groups is 2. The fraction of sp³-hybridized carbons (Fsp3) is 0.273. The molecule has 0 aliphatic carbocycles. The lowest BCUT2D eigenvalue weighted by molar-refractivity contribution is -0.140. The number of benzene rings is 2. The second-order valence-corrected chi connectivity index (χ2v) is 6.95. The maximum Gasteiger partial charge on any atom is 0.295 e. The van der Waals surface area contributed by atoms with Gasteiger partial charge in [0.2, 0.25) is 0 Å². The molecular weight excluding hydrogens is 342 g/mol. The number of likely N-dealkylation sites (tertiary alicyclic amines) is 1. The van der Waals surface area contributed by atoms with Gasteiger partial charge in [-0.05, 0) is 12.0 Å². The molecule has 3 rings (SSSR count). The van der Waals surface area contributed by atoms with E-state index < -0.39 is 17.7 Å². The molecule has 1 aliphatic heterocycles. The molecule has 1 aliphatic rings. The number of aliphatic hydroxyl groups excluding tert-OH is 1. The van der Waals surface area contributed by atoms with Crippen LogP contribution in [0.4, 0.5) is 0 Å². The highest BCUT2D eigenvalue weighted by atomic mass is 16.5. The van der Waals surface area contributed by atoms with Gasteiger partial charge in [0.1, 0.15) is 11.5 Å². The maximum absolute atomic E-state index is 12.8. The average molecular weight is 365 g/mol. The van der Waals surface area contributed by atoms with E-state index in [4.69, 9.17) is 4.74 Å². The summed E-state index contributed by atoms with van der Waals surface area (Å²) in [5.41, 5.74) is 1.27. The number of aliphatic hydroxyl groups is 1. The molecule has 27 heavy (non-hydrogen) atoms. The van der Waals surface area contributed by atoms with Gasteiger partial charge in [0.25, 0.3) is 11.7 Å². The van der Waals surface area contributed by atoms with Crippen LogP contribution < -0.4 is 4.74 Å². The molecule has 140 valence electrons. The lowest BCUT2D eigenvalue weighted by Crippen LogP contribution is -2.33. The highest BCUT2D eigenvalue weighted by Gasteiger charge is 2.47. The number of para-hydroxylation sites is 1. The van der Waals surface area contributed by atoms with Gasteiger partial charge in [-0.2, -0.15) is 0 Å². The van der Waals surface area contributed by atoms with Gasteiger partial charge in [-0.3, -0.25) is 9.59 Å². The molecule has 0 bridgehead atoms. The van der Waals surface area contributed by atoms with Crippen LogP contribution >= 0.6 is 0 Å². The first-order valence-electron chi connectivity index (χ1n) is 8.92. The van der Waals surface area contributed by atoms with E-state index in [1.165, 1.54) is 4.90 Å². The van der Waals surface area contributed by atoms with E-state index in [9.17, 15) is 14.7 Å². The number of hydrogen-bond donors (Lipinski definition) is 1. The monoisotopic (exact) mass is 365 g/mol. The van der Waals surface area contributed by atoms with Gasteiger partial charge in [-0.25, -0.2) is 0 Å². The Morgan fingerprint density at radius 2 is 1.70 bits per heavy atom. The van der Waals surface area contributed by atoms with Crippen molar-refractivity contribution in [1.82, 2.24) is 4.90 Å². The number of ketones is 1. The first-order chi connectivity index (χ1) is 13.0. The minimum atomic E-state index is -0.691. The molecule has 1 unspecified atom stereocenters. The largest absolute Gasteiger partial charge is 0.507 e. The quantitative estimate of drug-likeness (QED) is 0.498. The van der Waals surface area contributed by atoms with Gasteiger partial charge >= 0.3 is 0 Å². The molecule has 0 aromatic heterocycles. The second-order valence-electron chi connectivity index (χ2n) is 6.95. The summed E-state index contributed by atoms with van der Waals surface area (Å²) in [5.74, 6) is -0.713. The standard InChI is InChI=1S/C22H23NO4/c1-14(2)13-23-19(16-11-7-8-12-17(16)27-3)18(21(25)22(23)26)20(24)15-9-5-4-6-10-15/h4-12,14,19,24H,13H2,1-3H3. The van der Waals surface area contributed by atoms with Crippen molar-refractivity contribution < 1.29 is 19.4 Å². The third-order valence-corrected chi connectivity index (χ3v) is 4.58. The van der Waals surface area contributed by atoms with E-state index in [2.05, 4.69) is 0 Å². The van der Waals surface area contributed by atoms with Crippen molar-refractivity contribution >= 4 is 17.4 Å². The molecule has 1 N–H and O–H groups in total. The molecule has 1 saturated heterocycles. The summed E-state index contributed by atoms with van der Waals surface area (Å²) in [6, 6.07) is 15.4. The summed E-state index contributed by atoms with van der Waals surface area (Å²) in [4.78, 5) is 27.1. The Kier molecular flexibility index (Phi) is 5.31. The number of rotatable bonds is 5. The van der Waals surface area contributed by atoms with E-state index >= 15 is 0 Å². The molecule has 2 aromatic carbocycles. The predicted molar refractivity (Wildman–Crippen MR) is 103 cm³/mol. The number of carbonyl (C=O) groups excluding carboxylic acids is 2. The lowest BCUT2D eigenvalue weighted by atomic mass is 9.94. The Hall–Kier alpha value is -3.08. The number of amides is 1. The van der Waals surface area contributed by atoms with Gasteiger partial charge in [0.05, 0.1) is 18.7 Å². The van der Waals surface area contributed by atoms with E-state index in [1.54, 1.807) is 37.4 Å².